The van der Waals surface area contributed by atoms with Gasteiger partial charge in [0, 0.05) is 33.4 Å². The van der Waals surface area contributed by atoms with E-state index in [9.17, 15) is 9.59 Å². The average molecular weight is 714 g/mol. The van der Waals surface area contributed by atoms with Gasteiger partial charge in [-0.25, -0.2) is 4.21 Å². The number of carboxylic acids is 1. The summed E-state index contributed by atoms with van der Waals surface area (Å²) in [7, 11) is 7.36. The van der Waals surface area contributed by atoms with Crippen molar-refractivity contribution in [1.82, 2.24) is 0 Å². The van der Waals surface area contributed by atoms with E-state index < -0.39 is 21.1 Å². The van der Waals surface area contributed by atoms with Crippen LogP contribution in [0.2, 0.25) is 0 Å². The van der Waals surface area contributed by atoms with Crippen LogP contribution in [0, 0.1) is 11.8 Å². The predicted molar refractivity (Wildman–Crippen MR) is 199 cm³/mol. The maximum atomic E-state index is 11.7. The van der Waals surface area contributed by atoms with Crippen molar-refractivity contribution < 1.29 is 23.6 Å². The lowest BCUT2D eigenvalue weighted by atomic mass is 9.95. The zero-order valence-corrected chi connectivity index (χ0v) is 30.0. The van der Waals surface area contributed by atoms with E-state index in [1.54, 1.807) is 6.92 Å². The van der Waals surface area contributed by atoms with Crippen LogP contribution in [-0.4, -0.2) is 39.9 Å². The summed E-state index contributed by atoms with van der Waals surface area (Å²) in [5.74, 6) is -1.51. The van der Waals surface area contributed by atoms with Crippen molar-refractivity contribution in [2.75, 3.05) is 6.61 Å². The highest BCUT2D eigenvalue weighted by Gasteiger charge is 2.18. The molecule has 4 rings (SSSR count). The zero-order chi connectivity index (χ0) is 35.5. The van der Waals surface area contributed by atoms with E-state index >= 15 is 0 Å². The Balaban J connectivity index is 0.000000301. The highest BCUT2D eigenvalue weighted by Crippen LogP contribution is 2.21. The molecular weight excluding hydrogens is 667 g/mol. The van der Waals surface area contributed by atoms with Crippen molar-refractivity contribution in [1.29, 1.82) is 0 Å². The fraction of sp³-hybridized carbons (Fsp3) is 0.316. The molecule has 0 saturated carbocycles. The van der Waals surface area contributed by atoms with Gasteiger partial charge in [0.15, 0.2) is 0 Å². The van der Waals surface area contributed by atoms with Gasteiger partial charge >= 0.3 is 11.9 Å². The van der Waals surface area contributed by atoms with Gasteiger partial charge in [0.25, 0.3) is 0 Å². The summed E-state index contributed by atoms with van der Waals surface area (Å²) >= 11 is 0. The molecule has 7 nitrogen and oxygen atoms in total. The molecule has 4 atom stereocenters. The standard InChI is InChI=1S/C20H25NO2.C18H21NO2.Cl2OS/c1-3-23-20(22)15(2)13-19(21)14-16-9-11-18(12-10-16)17-7-5-4-6-8-17;1-13(18(20)21)11-17(19)12-14-7-9-16(10-8-14)15-5-3-2-4-6-15;1-4(2)3/h4-12,15,19H,3,13-14,21H2,1-2H3;2-10,13,17H,11-12,19H2,1H3,(H,20,21);/t15-,19+;13-,17+;/m11./s1. The number of carbonyl (C=O) groups excluding carboxylic acids is 1. The number of benzene rings is 4. The Kier molecular flexibility index (Phi) is 18.8. The van der Waals surface area contributed by atoms with Gasteiger partial charge in [0.05, 0.1) is 18.4 Å². The number of hydrogen-bond acceptors (Lipinski definition) is 6. The number of carbonyl (C=O) groups is 2. The molecule has 0 amide bonds. The van der Waals surface area contributed by atoms with Crippen LogP contribution in [0.3, 0.4) is 0 Å². The van der Waals surface area contributed by atoms with E-state index in [2.05, 4.69) is 94.2 Å². The predicted octanol–water partition coefficient (Wildman–Crippen LogP) is 8.19. The number of carboxylic acid groups (broad SMARTS) is 1. The summed E-state index contributed by atoms with van der Waals surface area (Å²) in [5.41, 5.74) is 19.3. The average Bonchev–Trinajstić information content (AvgIpc) is 3.06. The van der Waals surface area contributed by atoms with Gasteiger partial charge in [-0.1, -0.05) is 123 Å². The van der Waals surface area contributed by atoms with E-state index in [1.165, 1.54) is 27.8 Å². The first-order chi connectivity index (χ1) is 22.9. The number of ether oxygens (including phenoxy) is 1. The van der Waals surface area contributed by atoms with Crippen LogP contribution in [-0.2, 0) is 36.4 Å². The highest BCUT2D eigenvalue weighted by atomic mass is 36.0. The third-order valence-corrected chi connectivity index (χ3v) is 7.54. The Morgan fingerprint density at radius 3 is 1.33 bits per heavy atom. The van der Waals surface area contributed by atoms with Gasteiger partial charge in [-0.2, -0.15) is 0 Å². The quantitative estimate of drug-likeness (QED) is 0.0940. The minimum Gasteiger partial charge on any atom is -0.481 e. The number of rotatable bonds is 13. The van der Waals surface area contributed by atoms with E-state index in [0.29, 0.717) is 25.9 Å². The van der Waals surface area contributed by atoms with Crippen LogP contribution in [0.25, 0.3) is 22.3 Å². The molecule has 5 N–H and O–H groups in total. The van der Waals surface area contributed by atoms with E-state index in [-0.39, 0.29) is 24.0 Å². The molecule has 0 heterocycles. The minimum atomic E-state index is -1.67. The highest BCUT2D eigenvalue weighted by molar-refractivity contribution is 8.26. The van der Waals surface area contributed by atoms with Gasteiger partial charge in [0.2, 0.25) is 9.23 Å². The van der Waals surface area contributed by atoms with Crippen LogP contribution < -0.4 is 11.5 Å². The summed E-state index contributed by atoms with van der Waals surface area (Å²) < 4.78 is 14.1. The summed E-state index contributed by atoms with van der Waals surface area (Å²) in [6.45, 7) is 5.80. The van der Waals surface area contributed by atoms with Crippen LogP contribution >= 0.6 is 21.4 Å². The second-order valence-corrected chi connectivity index (χ2v) is 14.1. The van der Waals surface area contributed by atoms with Gasteiger partial charge in [-0.3, -0.25) is 9.59 Å². The fourth-order valence-corrected chi connectivity index (χ4v) is 5.09. The van der Waals surface area contributed by atoms with Gasteiger partial charge in [-0.05, 0) is 66.0 Å². The molecule has 0 aromatic heterocycles. The first-order valence-electron chi connectivity index (χ1n) is 15.8. The van der Waals surface area contributed by atoms with Crippen LogP contribution in [0.4, 0.5) is 0 Å². The number of aliphatic carboxylic acids is 1. The molecule has 0 radical (unpaired) electrons. The van der Waals surface area contributed by atoms with Gasteiger partial charge in [-0.15, -0.1) is 0 Å². The number of esters is 1. The van der Waals surface area contributed by atoms with Crippen molar-refractivity contribution in [2.45, 2.75) is 58.5 Å². The molecule has 0 spiro atoms. The molecular formula is C38H46Cl2N2O5S. The molecule has 0 aliphatic rings. The number of halogens is 2. The Morgan fingerprint density at radius 1 is 0.667 bits per heavy atom. The molecule has 10 heteroatoms. The smallest absolute Gasteiger partial charge is 0.308 e. The first kappa shape index (κ1) is 40.6. The Hall–Kier alpha value is -3.53. The number of nitrogens with two attached hydrogens (primary N) is 2. The molecule has 0 aliphatic carbocycles. The third-order valence-electron chi connectivity index (χ3n) is 7.54. The molecule has 0 fully saturated rings. The second kappa shape index (κ2) is 22.2. The topological polar surface area (TPSA) is 133 Å². The van der Waals surface area contributed by atoms with Crippen molar-refractivity contribution in [3.05, 3.63) is 120 Å². The molecule has 4 aromatic carbocycles. The maximum Gasteiger partial charge on any atom is 0.308 e. The summed E-state index contributed by atoms with van der Waals surface area (Å²) in [6.07, 6.45) is 2.60. The first-order valence-corrected chi connectivity index (χ1v) is 18.6. The lowest BCUT2D eigenvalue weighted by Crippen LogP contribution is -2.29. The van der Waals surface area contributed by atoms with Crippen LogP contribution in [0.1, 0.15) is 44.7 Å². The maximum absolute atomic E-state index is 11.7. The number of hydrogen-bond donors (Lipinski definition) is 3. The van der Waals surface area contributed by atoms with E-state index in [1.807, 2.05) is 50.2 Å². The van der Waals surface area contributed by atoms with Crippen LogP contribution in [0.15, 0.2) is 109 Å². The molecule has 4 aromatic rings. The zero-order valence-electron chi connectivity index (χ0n) is 27.6. The summed E-state index contributed by atoms with van der Waals surface area (Å²) in [5, 5.41) is 8.90. The fourth-order valence-electron chi connectivity index (χ4n) is 5.09. The lowest BCUT2D eigenvalue weighted by molar-refractivity contribution is -0.147. The summed E-state index contributed by atoms with van der Waals surface area (Å²) in [6, 6.07) is 37.1. The largest absolute Gasteiger partial charge is 0.481 e. The van der Waals surface area contributed by atoms with E-state index in [4.69, 9.17) is 25.5 Å². The lowest BCUT2D eigenvalue weighted by Gasteiger charge is -2.16. The molecule has 0 bridgehead atoms. The Bertz CT molecular complexity index is 1520. The second-order valence-electron chi connectivity index (χ2n) is 11.6. The molecule has 0 saturated heterocycles. The molecule has 0 aliphatic heterocycles. The van der Waals surface area contributed by atoms with E-state index in [0.717, 1.165) is 12.0 Å². The third kappa shape index (κ3) is 16.0. The molecule has 0 unspecified atom stereocenters. The minimum absolute atomic E-state index is 0.0445. The van der Waals surface area contributed by atoms with Crippen molar-refractivity contribution in [2.24, 2.45) is 23.3 Å². The van der Waals surface area contributed by atoms with Crippen molar-refractivity contribution in [3.63, 3.8) is 0 Å². The molecule has 258 valence electrons. The Morgan fingerprint density at radius 2 is 1.00 bits per heavy atom. The monoisotopic (exact) mass is 712 g/mol. The van der Waals surface area contributed by atoms with Crippen molar-refractivity contribution in [3.8, 4) is 22.3 Å². The van der Waals surface area contributed by atoms with Crippen LogP contribution in [0.5, 0.6) is 0 Å². The Labute approximate surface area is 296 Å². The molecule has 48 heavy (non-hydrogen) atoms. The normalized spacial score (nSPS) is 13.1. The van der Waals surface area contributed by atoms with Crippen molar-refractivity contribution >= 4 is 42.5 Å². The van der Waals surface area contributed by atoms with Gasteiger partial charge < -0.3 is 21.3 Å². The SMILES string of the molecule is CCOC(=O)[C@H](C)C[C@H](N)Cc1ccc(-c2ccccc2)cc1.C[C@H](C[C@H](N)Cc1ccc(-c2ccccc2)cc1)C(=O)O.O=S(Cl)Cl. The van der Waals surface area contributed by atoms with Gasteiger partial charge in [0.1, 0.15) is 0 Å². The summed E-state index contributed by atoms with van der Waals surface area (Å²) in [4.78, 5) is 22.5.